The number of carbonyl (C=O) groups excluding carboxylic acids is 1. The highest BCUT2D eigenvalue weighted by Crippen LogP contribution is 2.35. The van der Waals surface area contributed by atoms with Crippen LogP contribution in [-0.2, 0) is 14.8 Å². The molecule has 1 saturated heterocycles. The lowest BCUT2D eigenvalue weighted by Gasteiger charge is -2.11. The summed E-state index contributed by atoms with van der Waals surface area (Å²) in [5.41, 5.74) is 0.619. The molecule has 0 bridgehead atoms. The Kier molecular flexibility index (Phi) is 6.21. The fraction of sp³-hybridized carbons (Fsp3) is 0.158. The maximum atomic E-state index is 12.7. The van der Waals surface area contributed by atoms with E-state index in [4.69, 9.17) is 16.3 Å². The third-order valence-corrected chi connectivity index (χ3v) is 6.67. The van der Waals surface area contributed by atoms with Gasteiger partial charge in [0.25, 0.3) is 15.9 Å². The molecule has 0 atom stereocenters. The number of nitrogens with zero attached hydrogens (tertiary/aromatic N) is 2. The Morgan fingerprint density at radius 3 is 2.55 bits per heavy atom. The number of hydrogen-bond acceptors (Lipinski definition) is 6. The van der Waals surface area contributed by atoms with Gasteiger partial charge in [0, 0.05) is 11.6 Å². The zero-order valence-corrected chi connectivity index (χ0v) is 17.9. The predicted octanol–water partition coefficient (Wildman–Crippen LogP) is 3.74. The van der Waals surface area contributed by atoms with E-state index < -0.39 is 10.0 Å². The van der Waals surface area contributed by atoms with Gasteiger partial charge < -0.3 is 9.84 Å². The molecule has 2 aromatic carbocycles. The molecule has 0 aliphatic carbocycles. The summed E-state index contributed by atoms with van der Waals surface area (Å²) in [7, 11) is -2.58. The molecular formula is C19H17ClN2O5S2. The summed E-state index contributed by atoms with van der Waals surface area (Å²) in [4.78, 5) is 14.3. The number of amidine groups is 1. The van der Waals surface area contributed by atoms with E-state index in [0.29, 0.717) is 15.5 Å². The molecule has 3 rings (SSSR count). The zero-order valence-electron chi connectivity index (χ0n) is 15.5. The number of thioether (sulfide) groups is 1. The lowest BCUT2D eigenvalue weighted by atomic mass is 10.2. The number of benzene rings is 2. The molecule has 2 aromatic rings. The van der Waals surface area contributed by atoms with Crippen molar-refractivity contribution >= 4 is 50.5 Å². The smallest absolute Gasteiger partial charge is 0.284 e. The molecule has 1 fully saturated rings. The normalized spacial score (nSPS) is 17.3. The number of likely N-dealkylation sites (N-methyl/N-ethyl adjacent to an activating group) is 1. The summed E-state index contributed by atoms with van der Waals surface area (Å²) in [6, 6.07) is 10.3. The van der Waals surface area contributed by atoms with Gasteiger partial charge in [0.05, 0.1) is 16.9 Å². The molecule has 152 valence electrons. The lowest BCUT2D eigenvalue weighted by Crippen LogP contribution is -2.29. The van der Waals surface area contributed by atoms with Crippen molar-refractivity contribution in [3.05, 3.63) is 58.0 Å². The van der Waals surface area contributed by atoms with Crippen LogP contribution in [0, 0.1) is 0 Å². The molecular weight excluding hydrogens is 436 g/mol. The topological polar surface area (TPSA) is 96.3 Å². The summed E-state index contributed by atoms with van der Waals surface area (Å²) in [6.45, 7) is 1.99. The summed E-state index contributed by atoms with van der Waals surface area (Å²) in [5, 5.41) is 10.2. The third-order valence-electron chi connectivity index (χ3n) is 4.02. The van der Waals surface area contributed by atoms with Crippen molar-refractivity contribution < 1.29 is 23.1 Å². The largest absolute Gasteiger partial charge is 0.504 e. The molecule has 29 heavy (non-hydrogen) atoms. The molecule has 1 aliphatic rings. The number of sulfonamides is 1. The van der Waals surface area contributed by atoms with Gasteiger partial charge in [-0.05, 0) is 66.7 Å². The molecule has 0 saturated carbocycles. The summed E-state index contributed by atoms with van der Waals surface area (Å²) in [6.07, 6.45) is 1.59. The second-order valence-electron chi connectivity index (χ2n) is 5.89. The van der Waals surface area contributed by atoms with E-state index in [1.165, 1.54) is 42.3 Å². The Hall–Kier alpha value is -2.49. The SMILES string of the molecule is CCN1C(=O)C(=Cc2ccc(O)c(OC)c2)SC1=NS(=O)(=O)c1ccc(Cl)cc1. The first-order valence-corrected chi connectivity index (χ1v) is 11.1. The van der Waals surface area contributed by atoms with Crippen molar-refractivity contribution in [1.82, 2.24) is 4.90 Å². The molecule has 1 aliphatic heterocycles. The molecule has 1 amide bonds. The summed E-state index contributed by atoms with van der Waals surface area (Å²) in [5.74, 6) is -0.109. The van der Waals surface area contributed by atoms with Crippen LogP contribution in [-0.4, -0.2) is 43.2 Å². The number of carbonyl (C=O) groups is 1. The van der Waals surface area contributed by atoms with Crippen LogP contribution in [0.3, 0.4) is 0 Å². The summed E-state index contributed by atoms with van der Waals surface area (Å²) >= 11 is 6.77. The van der Waals surface area contributed by atoms with Crippen molar-refractivity contribution in [2.75, 3.05) is 13.7 Å². The summed E-state index contributed by atoms with van der Waals surface area (Å²) < 4.78 is 34.1. The standard InChI is InChI=1S/C19H17ClN2O5S2/c1-3-22-18(24)17(11-12-4-9-15(23)16(10-12)27-2)28-19(22)21-29(25,26)14-7-5-13(20)6-8-14/h4-11,23H,3H2,1-2H3. The third kappa shape index (κ3) is 4.58. The monoisotopic (exact) mass is 452 g/mol. The van der Waals surface area contributed by atoms with E-state index in [1.54, 1.807) is 25.1 Å². The van der Waals surface area contributed by atoms with Crippen LogP contribution in [0.15, 0.2) is 56.7 Å². The van der Waals surface area contributed by atoms with Gasteiger partial charge >= 0.3 is 0 Å². The number of aromatic hydroxyl groups is 1. The van der Waals surface area contributed by atoms with Crippen molar-refractivity contribution in [3.63, 3.8) is 0 Å². The van der Waals surface area contributed by atoms with Crippen molar-refractivity contribution in [3.8, 4) is 11.5 Å². The highest BCUT2D eigenvalue weighted by Gasteiger charge is 2.34. The van der Waals surface area contributed by atoms with Gasteiger partial charge in [-0.3, -0.25) is 9.69 Å². The quantitative estimate of drug-likeness (QED) is 0.694. The van der Waals surface area contributed by atoms with E-state index in [-0.39, 0.29) is 34.0 Å². The van der Waals surface area contributed by atoms with Crippen molar-refractivity contribution in [2.45, 2.75) is 11.8 Å². The first-order chi connectivity index (χ1) is 13.7. The number of halogens is 1. The number of amides is 1. The molecule has 1 heterocycles. The van der Waals surface area contributed by atoms with Gasteiger partial charge in [0.1, 0.15) is 0 Å². The molecule has 0 unspecified atom stereocenters. The zero-order chi connectivity index (χ0) is 21.2. The number of phenols is 1. The van der Waals surface area contributed by atoms with Gasteiger partial charge in [-0.1, -0.05) is 17.7 Å². The highest BCUT2D eigenvalue weighted by atomic mass is 35.5. The highest BCUT2D eigenvalue weighted by molar-refractivity contribution is 8.19. The molecule has 0 aromatic heterocycles. The van der Waals surface area contributed by atoms with E-state index in [9.17, 15) is 18.3 Å². The van der Waals surface area contributed by atoms with Crippen LogP contribution in [0.25, 0.3) is 6.08 Å². The van der Waals surface area contributed by atoms with E-state index in [0.717, 1.165) is 11.8 Å². The van der Waals surface area contributed by atoms with Crippen LogP contribution in [0.5, 0.6) is 11.5 Å². The fourth-order valence-corrected chi connectivity index (χ4v) is 4.92. The minimum atomic E-state index is -4.01. The number of ether oxygens (including phenoxy) is 1. The average molecular weight is 453 g/mol. The fourth-order valence-electron chi connectivity index (χ4n) is 2.55. The van der Waals surface area contributed by atoms with Crippen LogP contribution < -0.4 is 4.74 Å². The van der Waals surface area contributed by atoms with E-state index >= 15 is 0 Å². The van der Waals surface area contributed by atoms with Gasteiger partial charge in [-0.25, -0.2) is 0 Å². The molecule has 1 N–H and O–H groups in total. The molecule has 0 radical (unpaired) electrons. The molecule has 7 nitrogen and oxygen atoms in total. The predicted molar refractivity (Wildman–Crippen MR) is 114 cm³/mol. The Morgan fingerprint density at radius 2 is 1.93 bits per heavy atom. The van der Waals surface area contributed by atoms with Crippen molar-refractivity contribution in [1.29, 1.82) is 0 Å². The van der Waals surface area contributed by atoms with Gasteiger partial charge in [-0.15, -0.1) is 4.40 Å². The average Bonchev–Trinajstić information content (AvgIpc) is 2.97. The first kappa shape index (κ1) is 21.2. The minimum absolute atomic E-state index is 0.0146. The van der Waals surface area contributed by atoms with E-state index in [2.05, 4.69) is 4.40 Å². The Balaban J connectivity index is 1.96. The Morgan fingerprint density at radius 1 is 1.24 bits per heavy atom. The number of hydrogen-bond donors (Lipinski definition) is 1. The van der Waals surface area contributed by atoms with Crippen molar-refractivity contribution in [2.24, 2.45) is 4.40 Å². The number of methoxy groups -OCH3 is 1. The van der Waals surface area contributed by atoms with Gasteiger partial charge in [0.2, 0.25) is 0 Å². The Labute approximate surface area is 177 Å². The lowest BCUT2D eigenvalue weighted by molar-refractivity contribution is -0.122. The minimum Gasteiger partial charge on any atom is -0.504 e. The van der Waals surface area contributed by atoms with Crippen LogP contribution in [0.2, 0.25) is 5.02 Å². The van der Waals surface area contributed by atoms with E-state index in [1.807, 2.05) is 0 Å². The first-order valence-electron chi connectivity index (χ1n) is 8.44. The number of phenolic OH excluding ortho intramolecular Hbond substituents is 1. The maximum Gasteiger partial charge on any atom is 0.284 e. The number of rotatable bonds is 5. The molecule has 10 heteroatoms. The Bertz CT molecular complexity index is 1110. The maximum absolute atomic E-state index is 12.7. The van der Waals surface area contributed by atoms with Crippen LogP contribution >= 0.6 is 23.4 Å². The second-order valence-corrected chi connectivity index (χ2v) is 8.94. The molecule has 0 spiro atoms. The van der Waals surface area contributed by atoms with Gasteiger partial charge in [0.15, 0.2) is 16.7 Å². The van der Waals surface area contributed by atoms with Crippen LogP contribution in [0.1, 0.15) is 12.5 Å². The second kappa shape index (κ2) is 8.48. The van der Waals surface area contributed by atoms with Gasteiger partial charge in [-0.2, -0.15) is 8.42 Å². The van der Waals surface area contributed by atoms with Crippen LogP contribution in [0.4, 0.5) is 0 Å².